The van der Waals surface area contributed by atoms with Gasteiger partial charge in [-0.05, 0) is 207 Å². The van der Waals surface area contributed by atoms with E-state index in [1.165, 1.54) is 128 Å². The first-order valence-corrected chi connectivity index (χ1v) is 21.4. The summed E-state index contributed by atoms with van der Waals surface area (Å²) >= 11 is 5.49. The van der Waals surface area contributed by atoms with Gasteiger partial charge in [0.1, 0.15) is 5.78 Å². The van der Waals surface area contributed by atoms with Crippen molar-refractivity contribution in [1.29, 1.82) is 0 Å². The van der Waals surface area contributed by atoms with Gasteiger partial charge in [-0.1, -0.05) is 0 Å². The second-order valence-electron chi connectivity index (χ2n) is 21.3. The molecular weight excluding hydrogens is 692 g/mol. The molecule has 10 heteroatoms. The van der Waals surface area contributed by atoms with Crippen LogP contribution in [-0.4, -0.2) is 50.0 Å². The summed E-state index contributed by atoms with van der Waals surface area (Å²) in [6.45, 7) is 1.78. The molecule has 0 aromatic rings. The molecule has 9 nitrogen and oxygen atoms in total. The van der Waals surface area contributed by atoms with Gasteiger partial charge >= 0.3 is 18.2 Å². The van der Waals surface area contributed by atoms with Crippen molar-refractivity contribution in [1.82, 2.24) is 0 Å². The fourth-order valence-corrected chi connectivity index (χ4v) is 16.5. The number of fused-ring (bicyclic) bond motifs is 5. The van der Waals surface area contributed by atoms with E-state index in [2.05, 4.69) is 4.79 Å². The van der Waals surface area contributed by atoms with Gasteiger partial charge in [0.25, 0.3) is 0 Å². The van der Waals surface area contributed by atoms with Gasteiger partial charge in [0.2, 0.25) is 11.0 Å². The Morgan fingerprint density at radius 2 is 0.849 bits per heavy atom. The highest BCUT2D eigenvalue weighted by atomic mass is 35.5. The monoisotopic (exact) mass is 744 g/mol. The van der Waals surface area contributed by atoms with Crippen LogP contribution in [0.5, 0.6) is 0 Å². The third-order valence-electron chi connectivity index (χ3n) is 19.9. The number of aliphatic carboxylic acids is 2. The average Bonchev–Trinajstić information content (AvgIpc) is 3.91. The fourth-order valence-electron chi connectivity index (χ4n) is 16.1. The summed E-state index contributed by atoms with van der Waals surface area (Å²) in [6, 6.07) is 0. The van der Waals surface area contributed by atoms with Gasteiger partial charge in [-0.25, -0.2) is 0 Å². The molecule has 15 fully saturated rings. The number of ketones is 2. The van der Waals surface area contributed by atoms with Crippen molar-refractivity contribution in [2.45, 2.75) is 142 Å². The summed E-state index contributed by atoms with van der Waals surface area (Å²) in [5, 5.41) is 17.4. The zero-order chi connectivity index (χ0) is 37.0. The minimum atomic E-state index is -0.593. The predicted octanol–water partition coefficient (Wildman–Crippen LogP) is 7.67. The number of nitrogens with zero attached hydrogens (tertiary/aromatic N) is 2. The number of hydrogen-bond donors (Lipinski definition) is 2. The van der Waals surface area contributed by atoms with Crippen molar-refractivity contribution in [3.63, 3.8) is 0 Å². The third kappa shape index (κ3) is 4.10. The van der Waals surface area contributed by atoms with Crippen LogP contribution in [-0.2, 0) is 24.0 Å². The molecule has 15 aliphatic rings. The summed E-state index contributed by atoms with van der Waals surface area (Å²) < 4.78 is 0. The molecule has 0 aromatic heterocycles. The van der Waals surface area contributed by atoms with Crippen molar-refractivity contribution in [3.05, 3.63) is 5.53 Å². The molecule has 0 saturated heterocycles. The van der Waals surface area contributed by atoms with E-state index < -0.39 is 11.9 Å². The zero-order valence-corrected chi connectivity index (χ0v) is 31.8. The van der Waals surface area contributed by atoms with Gasteiger partial charge in [0, 0.05) is 24.2 Å². The molecule has 15 aliphatic carbocycles. The van der Waals surface area contributed by atoms with Crippen molar-refractivity contribution in [2.75, 3.05) is 0 Å². The molecule has 15 saturated carbocycles. The van der Waals surface area contributed by atoms with Crippen molar-refractivity contribution in [2.24, 2.45) is 83.7 Å². The number of carbonyl (C=O) groups is 5. The lowest BCUT2D eigenvalue weighted by atomic mass is 10.2. The normalized spacial score (nSPS) is 39.9. The zero-order valence-electron chi connectivity index (χ0n) is 31.0. The summed E-state index contributed by atoms with van der Waals surface area (Å²) in [5.74, 6) is 1.05. The Kier molecular flexibility index (Phi) is 6.13. The summed E-state index contributed by atoms with van der Waals surface area (Å²) in [4.78, 5) is 57.4. The number of hydrogen-bond acceptors (Lipinski definition) is 5. The molecule has 0 aromatic carbocycles. The SMILES string of the molecule is CC(=O)C1C2(CC2)C12CC2.O=C(Cl)C1C2(CC2)C12CC2.O=C(O)C1C2(CC2)C12CC2.O=C(O)CC1C2(CC2)C12CC2.[N-]=[N+]=CC(=O)C1C2(CC2)C12CC2. The molecule has 53 heavy (non-hydrogen) atoms. The molecule has 0 amide bonds. The van der Waals surface area contributed by atoms with Crippen LogP contribution in [0.3, 0.4) is 0 Å². The minimum absolute atomic E-state index is 0.0486. The topological polar surface area (TPSA) is 162 Å². The van der Waals surface area contributed by atoms with E-state index >= 15 is 0 Å². The van der Waals surface area contributed by atoms with Crippen LogP contribution >= 0.6 is 11.6 Å². The maximum Gasteiger partial charge on any atom is 0.323 e. The third-order valence-corrected chi connectivity index (χ3v) is 20.1. The lowest BCUT2D eigenvalue weighted by Gasteiger charge is -1.88. The number of halogens is 1. The van der Waals surface area contributed by atoms with Gasteiger partial charge in [-0.15, -0.1) is 0 Å². The van der Waals surface area contributed by atoms with Crippen molar-refractivity contribution < 1.29 is 39.0 Å². The van der Waals surface area contributed by atoms with Crippen LogP contribution < -0.4 is 0 Å². The van der Waals surface area contributed by atoms with E-state index in [9.17, 15) is 24.0 Å². The standard InChI is InChI=1S/C9H10N2O.C9H12O2.C9H12O.C8H9ClO.C8H10O2/c10-11-5-6(12)7-8(1-2-8)9(7)3-4-9;10-7(11)5-6-8(1-2-8)9(6)3-4-9;1-6(10)7-8(2-3-8)9(7)4-5-9;2*9-6(10)5-7(1-2-7)8(5)3-4-8/h5,7H,1-4H2;6H,1-5H2,(H,10,11);7H,2-5H2,1H3;5H,1-4H2;5H,1-4H2,(H,9,10). The molecule has 0 heterocycles. The quantitative estimate of drug-likeness (QED) is 0.117. The molecule has 2 N–H and O–H groups in total. The number of Topliss-reactive ketones (excluding diaryl/α,β-unsaturated/α-hetero) is 2. The van der Waals surface area contributed by atoms with E-state index in [0.29, 0.717) is 78.2 Å². The first kappa shape index (κ1) is 33.9. The largest absolute Gasteiger partial charge is 0.481 e. The second kappa shape index (κ2) is 9.59. The minimum Gasteiger partial charge on any atom is -0.481 e. The Bertz CT molecular complexity index is 1640. The van der Waals surface area contributed by atoms with E-state index in [1.54, 1.807) is 6.92 Å². The molecular formula is C43H53ClN2O7. The maximum atomic E-state index is 11.4. The van der Waals surface area contributed by atoms with E-state index in [1.807, 2.05) is 0 Å². The van der Waals surface area contributed by atoms with Gasteiger partial charge in [0.15, 0.2) is 0 Å². The molecule has 0 aliphatic heterocycles. The summed E-state index contributed by atoms with van der Waals surface area (Å²) in [5.41, 5.74) is 13.0. The Morgan fingerprint density at radius 1 is 0.547 bits per heavy atom. The molecule has 10 spiro atoms. The predicted molar refractivity (Wildman–Crippen MR) is 190 cm³/mol. The highest BCUT2D eigenvalue weighted by molar-refractivity contribution is 6.64. The van der Waals surface area contributed by atoms with Crippen LogP contribution in [0.2, 0.25) is 0 Å². The Labute approximate surface area is 315 Å². The molecule has 0 radical (unpaired) electrons. The van der Waals surface area contributed by atoms with E-state index in [-0.39, 0.29) is 28.8 Å². The first-order valence-electron chi connectivity index (χ1n) is 21.0. The number of carboxylic acids is 2. The maximum absolute atomic E-state index is 11.4. The van der Waals surface area contributed by atoms with Crippen LogP contribution in [0.4, 0.5) is 0 Å². The van der Waals surface area contributed by atoms with Crippen LogP contribution in [0.1, 0.15) is 142 Å². The Morgan fingerprint density at radius 3 is 1.04 bits per heavy atom. The van der Waals surface area contributed by atoms with Gasteiger partial charge in [-0.2, -0.15) is 4.79 Å². The van der Waals surface area contributed by atoms with Crippen molar-refractivity contribution in [3.8, 4) is 0 Å². The summed E-state index contributed by atoms with van der Waals surface area (Å²) in [6.07, 6.45) is 27.0. The highest BCUT2D eigenvalue weighted by Gasteiger charge is 2.91. The summed E-state index contributed by atoms with van der Waals surface area (Å²) in [7, 11) is 0. The van der Waals surface area contributed by atoms with Crippen LogP contribution in [0, 0.1) is 83.7 Å². The molecule has 0 bridgehead atoms. The van der Waals surface area contributed by atoms with Gasteiger partial charge < -0.3 is 15.7 Å². The Balaban J connectivity index is 0.0000000781. The molecule has 0 unspecified atom stereocenters. The van der Waals surface area contributed by atoms with Gasteiger partial charge in [0.05, 0.1) is 5.92 Å². The molecule has 15 rings (SSSR count). The number of rotatable bonds is 7. The van der Waals surface area contributed by atoms with Crippen molar-refractivity contribution >= 4 is 46.6 Å². The molecule has 0 atom stereocenters. The van der Waals surface area contributed by atoms with E-state index in [4.69, 9.17) is 27.3 Å². The van der Waals surface area contributed by atoms with Crippen LogP contribution in [0.25, 0.3) is 5.53 Å². The smallest absolute Gasteiger partial charge is 0.323 e. The number of carboxylic acid groups (broad SMARTS) is 2. The fraction of sp³-hybridized carbons (Fsp3) is 0.860. The van der Waals surface area contributed by atoms with Crippen LogP contribution in [0.15, 0.2) is 0 Å². The average molecular weight is 745 g/mol. The first-order chi connectivity index (χ1) is 25.2. The number of carbonyl (C=O) groups excluding carboxylic acids is 3. The lowest BCUT2D eigenvalue weighted by Crippen LogP contribution is -2.05. The van der Waals surface area contributed by atoms with Gasteiger partial charge in [-0.3, -0.25) is 24.0 Å². The van der Waals surface area contributed by atoms with E-state index in [0.717, 1.165) is 6.21 Å². The lowest BCUT2D eigenvalue weighted by molar-refractivity contribution is -0.139. The highest BCUT2D eigenvalue weighted by Crippen LogP contribution is 2.95. The Hall–Kier alpha value is -2.38. The molecule has 284 valence electrons. The second-order valence-corrected chi connectivity index (χ2v) is 21.7.